The minimum absolute atomic E-state index is 0.0675. The molecule has 1 aliphatic carbocycles. The lowest BCUT2D eigenvalue weighted by atomic mass is 9.93. The molecule has 216 valence electrons. The van der Waals surface area contributed by atoms with Gasteiger partial charge in [0.15, 0.2) is 0 Å². The second-order valence-corrected chi connectivity index (χ2v) is 12.2. The second kappa shape index (κ2) is 12.8. The van der Waals surface area contributed by atoms with Crippen molar-refractivity contribution in [3.8, 4) is 0 Å². The molecule has 0 bridgehead atoms. The van der Waals surface area contributed by atoms with Crippen LogP contribution < -0.4 is 20.9 Å². The predicted molar refractivity (Wildman–Crippen MR) is 169 cm³/mol. The van der Waals surface area contributed by atoms with Crippen molar-refractivity contribution in [2.75, 3.05) is 22.1 Å². The molecule has 3 amide bonds. The average Bonchev–Trinajstić information content (AvgIpc) is 2.97. The number of para-hydroxylation sites is 1. The van der Waals surface area contributed by atoms with Crippen molar-refractivity contribution >= 4 is 29.0 Å². The monoisotopic (exact) mass is 552 g/mol. The van der Waals surface area contributed by atoms with Crippen LogP contribution in [0.15, 0.2) is 60.7 Å². The van der Waals surface area contributed by atoms with Crippen LogP contribution in [0.4, 0.5) is 21.9 Å². The van der Waals surface area contributed by atoms with Gasteiger partial charge >= 0.3 is 6.03 Å². The zero-order valence-electron chi connectivity index (χ0n) is 24.9. The lowest BCUT2D eigenvalue weighted by Crippen LogP contribution is -2.38. The molecular weight excluding hydrogens is 508 g/mol. The van der Waals surface area contributed by atoms with E-state index >= 15 is 0 Å². The van der Waals surface area contributed by atoms with Crippen LogP contribution in [0.3, 0.4) is 0 Å². The maximum absolute atomic E-state index is 13.7. The van der Waals surface area contributed by atoms with E-state index in [1.165, 1.54) is 17.5 Å². The molecule has 0 radical (unpaired) electrons. The maximum atomic E-state index is 13.7. The van der Waals surface area contributed by atoms with Crippen LogP contribution in [-0.4, -0.2) is 24.5 Å². The number of hydrogen-bond donors (Lipinski definition) is 3. The SMILES string of the molecule is CC(C)c1cccc(C(C)C)c1NC(=O)Nc1ccc(N2CCc3ccccc3C2)c(C(=O)NC2CCCCC2)c1. The number of nitrogens with zero attached hydrogens (tertiary/aromatic N) is 1. The van der Waals surface area contributed by atoms with Crippen LogP contribution in [0.25, 0.3) is 0 Å². The molecule has 3 aromatic rings. The Kier molecular flexibility index (Phi) is 8.96. The Balaban J connectivity index is 1.41. The van der Waals surface area contributed by atoms with Crippen molar-refractivity contribution in [3.63, 3.8) is 0 Å². The topological polar surface area (TPSA) is 73.5 Å². The Morgan fingerprint density at radius 3 is 2.17 bits per heavy atom. The first-order valence-corrected chi connectivity index (χ1v) is 15.3. The molecule has 3 aromatic carbocycles. The molecule has 1 heterocycles. The number of rotatable bonds is 7. The zero-order valence-corrected chi connectivity index (χ0v) is 24.9. The fraction of sp³-hybridized carbons (Fsp3) is 0.429. The molecule has 0 spiro atoms. The third-order valence-electron chi connectivity index (χ3n) is 8.52. The smallest absolute Gasteiger partial charge is 0.323 e. The minimum Gasteiger partial charge on any atom is -0.366 e. The Bertz CT molecular complexity index is 1360. The largest absolute Gasteiger partial charge is 0.366 e. The minimum atomic E-state index is -0.307. The molecule has 1 saturated carbocycles. The molecule has 6 heteroatoms. The van der Waals surface area contributed by atoms with Crippen LogP contribution in [0, 0.1) is 0 Å². The number of nitrogens with one attached hydrogen (secondary N) is 3. The number of hydrogen-bond acceptors (Lipinski definition) is 3. The highest BCUT2D eigenvalue weighted by Crippen LogP contribution is 2.33. The molecule has 41 heavy (non-hydrogen) atoms. The number of anilines is 3. The number of urea groups is 1. The highest BCUT2D eigenvalue weighted by atomic mass is 16.2. The third-order valence-corrected chi connectivity index (χ3v) is 8.52. The number of carbonyl (C=O) groups is 2. The van der Waals surface area contributed by atoms with Crippen molar-refractivity contribution in [3.05, 3.63) is 88.5 Å². The summed E-state index contributed by atoms with van der Waals surface area (Å²) in [4.78, 5) is 29.3. The summed E-state index contributed by atoms with van der Waals surface area (Å²) in [6.45, 7) is 10.2. The maximum Gasteiger partial charge on any atom is 0.323 e. The van der Waals surface area contributed by atoms with Gasteiger partial charge in [-0.05, 0) is 71.6 Å². The van der Waals surface area contributed by atoms with E-state index in [9.17, 15) is 9.59 Å². The molecule has 5 rings (SSSR count). The standard InChI is InChI=1S/C35H44N4O2/c1-23(2)29-15-10-16-30(24(3)4)33(29)38-35(41)37-28-17-18-32(39-20-19-25-11-8-9-12-26(25)22-39)31(21-28)34(40)36-27-13-6-5-7-14-27/h8-12,15-18,21,23-24,27H,5-7,13-14,19-20,22H2,1-4H3,(H,36,40)(H2,37,38,41). The highest BCUT2D eigenvalue weighted by Gasteiger charge is 2.24. The summed E-state index contributed by atoms with van der Waals surface area (Å²) < 4.78 is 0. The first kappa shape index (κ1) is 28.7. The van der Waals surface area contributed by atoms with Gasteiger partial charge in [-0.1, -0.05) is 89.4 Å². The van der Waals surface area contributed by atoms with Crippen molar-refractivity contribution in [1.82, 2.24) is 5.32 Å². The molecular formula is C35H44N4O2. The van der Waals surface area contributed by atoms with Gasteiger partial charge in [0, 0.05) is 36.2 Å². The van der Waals surface area contributed by atoms with Gasteiger partial charge in [0.25, 0.3) is 5.91 Å². The van der Waals surface area contributed by atoms with Gasteiger partial charge < -0.3 is 20.9 Å². The lowest BCUT2D eigenvalue weighted by molar-refractivity contribution is 0.0928. The van der Waals surface area contributed by atoms with E-state index in [2.05, 4.69) is 91.0 Å². The van der Waals surface area contributed by atoms with Crippen LogP contribution in [0.1, 0.15) is 104 Å². The van der Waals surface area contributed by atoms with Gasteiger partial charge in [0.1, 0.15) is 0 Å². The first-order valence-electron chi connectivity index (χ1n) is 15.3. The molecule has 3 N–H and O–H groups in total. The van der Waals surface area contributed by atoms with Gasteiger partial charge in [0.05, 0.1) is 5.56 Å². The predicted octanol–water partition coefficient (Wildman–Crippen LogP) is 8.20. The summed E-state index contributed by atoms with van der Waals surface area (Å²) >= 11 is 0. The molecule has 1 aliphatic heterocycles. The second-order valence-electron chi connectivity index (χ2n) is 12.2. The van der Waals surface area contributed by atoms with Gasteiger partial charge in [-0.25, -0.2) is 4.79 Å². The normalized spacial score (nSPS) is 15.5. The van der Waals surface area contributed by atoms with Crippen molar-refractivity contribution in [1.29, 1.82) is 0 Å². The zero-order chi connectivity index (χ0) is 28.9. The van der Waals surface area contributed by atoms with E-state index in [4.69, 9.17) is 0 Å². The van der Waals surface area contributed by atoms with Gasteiger partial charge in [-0.3, -0.25) is 4.79 Å². The van der Waals surface area contributed by atoms with Crippen LogP contribution >= 0.6 is 0 Å². The van der Waals surface area contributed by atoms with E-state index in [1.807, 2.05) is 18.2 Å². The Hall–Kier alpha value is -3.80. The summed E-state index contributed by atoms with van der Waals surface area (Å²) in [5.74, 6) is 0.475. The van der Waals surface area contributed by atoms with Gasteiger partial charge in [0.2, 0.25) is 0 Å². The fourth-order valence-electron chi connectivity index (χ4n) is 6.25. The molecule has 0 unspecified atom stereocenters. The summed E-state index contributed by atoms with van der Waals surface area (Å²) in [6, 6.07) is 20.4. The quantitative estimate of drug-likeness (QED) is 0.277. The molecule has 2 aliphatic rings. The molecule has 0 atom stereocenters. The summed E-state index contributed by atoms with van der Waals surface area (Å²) in [7, 11) is 0. The first-order chi connectivity index (χ1) is 19.8. The molecule has 6 nitrogen and oxygen atoms in total. The van der Waals surface area contributed by atoms with E-state index in [-0.39, 0.29) is 29.8 Å². The Morgan fingerprint density at radius 2 is 1.49 bits per heavy atom. The molecule has 0 saturated heterocycles. The van der Waals surface area contributed by atoms with Gasteiger partial charge in [-0.15, -0.1) is 0 Å². The fourth-order valence-corrected chi connectivity index (χ4v) is 6.25. The third kappa shape index (κ3) is 6.75. The number of carbonyl (C=O) groups excluding carboxylic acids is 2. The van der Waals surface area contributed by atoms with Crippen molar-refractivity contribution in [2.24, 2.45) is 0 Å². The lowest BCUT2D eigenvalue weighted by Gasteiger charge is -2.32. The number of amides is 3. The Labute approximate surface area is 244 Å². The number of benzene rings is 3. The highest BCUT2D eigenvalue weighted by molar-refractivity contribution is 6.04. The van der Waals surface area contributed by atoms with Crippen LogP contribution in [-0.2, 0) is 13.0 Å². The van der Waals surface area contributed by atoms with Crippen molar-refractivity contribution in [2.45, 2.75) is 90.6 Å². The van der Waals surface area contributed by atoms with Crippen LogP contribution in [0.5, 0.6) is 0 Å². The summed E-state index contributed by atoms with van der Waals surface area (Å²) in [5, 5.41) is 9.45. The summed E-state index contributed by atoms with van der Waals surface area (Å²) in [6.07, 6.45) is 6.52. The van der Waals surface area contributed by atoms with E-state index in [1.54, 1.807) is 0 Å². The van der Waals surface area contributed by atoms with Crippen LogP contribution in [0.2, 0.25) is 0 Å². The molecule has 0 aromatic heterocycles. The number of fused-ring (bicyclic) bond motifs is 1. The van der Waals surface area contributed by atoms with Gasteiger partial charge in [-0.2, -0.15) is 0 Å². The van der Waals surface area contributed by atoms with Crippen molar-refractivity contribution < 1.29 is 9.59 Å². The molecule has 1 fully saturated rings. The van der Waals surface area contributed by atoms with E-state index < -0.39 is 0 Å². The average molecular weight is 553 g/mol. The van der Waals surface area contributed by atoms with E-state index in [0.29, 0.717) is 11.3 Å². The van der Waals surface area contributed by atoms with E-state index in [0.717, 1.165) is 67.7 Å². The Morgan fingerprint density at radius 1 is 0.805 bits per heavy atom. The summed E-state index contributed by atoms with van der Waals surface area (Å²) in [5.41, 5.74) is 7.88.